The van der Waals surface area contributed by atoms with Gasteiger partial charge >= 0.3 is 5.97 Å². The van der Waals surface area contributed by atoms with Gasteiger partial charge in [-0.05, 0) is 86.9 Å². The van der Waals surface area contributed by atoms with Crippen molar-refractivity contribution in [2.24, 2.45) is 39.7 Å². The van der Waals surface area contributed by atoms with Gasteiger partial charge in [0.2, 0.25) is 0 Å². The molecule has 0 radical (unpaired) electrons. The van der Waals surface area contributed by atoms with Crippen molar-refractivity contribution < 1.29 is 14.7 Å². The zero-order valence-electron chi connectivity index (χ0n) is 16.0. The molecule has 0 aliphatic heterocycles. The Morgan fingerprint density at radius 3 is 2.64 bits per heavy atom. The van der Waals surface area contributed by atoms with E-state index in [1.165, 1.54) is 45.4 Å². The van der Waals surface area contributed by atoms with E-state index in [2.05, 4.69) is 19.0 Å². The number of carbonyl (C=O) groups excluding carboxylic acids is 1. The van der Waals surface area contributed by atoms with Gasteiger partial charge in [-0.25, -0.2) is 0 Å². The molecule has 4 nitrogen and oxygen atoms in total. The molecule has 0 aromatic rings. The fourth-order valence-electron chi connectivity index (χ4n) is 7.51. The first kappa shape index (κ1) is 17.4. The number of hydrogen-bond acceptors (Lipinski definition) is 4. The largest absolute Gasteiger partial charge is 0.463 e. The molecule has 4 aliphatic carbocycles. The SMILES string of the molecule is CC(=O)O[C@H]1CC[C@@]2(C)[C@@H](CC[C@@H]3[C@@H]2CC[C@]2(C)C(=NO)CC[C@@H]32)C1. The van der Waals surface area contributed by atoms with Crippen LogP contribution in [0.15, 0.2) is 5.16 Å². The quantitative estimate of drug-likeness (QED) is 0.421. The minimum atomic E-state index is -0.127. The second-order valence-electron chi connectivity index (χ2n) is 9.70. The Bertz CT molecular complexity index is 588. The van der Waals surface area contributed by atoms with E-state index in [1.807, 2.05) is 0 Å². The Hall–Kier alpha value is -1.06. The number of oxime groups is 1. The summed E-state index contributed by atoms with van der Waals surface area (Å²) in [6, 6.07) is 0. The highest BCUT2D eigenvalue weighted by Gasteiger charge is 2.59. The average molecular weight is 347 g/mol. The Labute approximate surface area is 151 Å². The van der Waals surface area contributed by atoms with Crippen LogP contribution in [0.25, 0.3) is 0 Å². The maximum atomic E-state index is 11.3. The number of rotatable bonds is 1. The first-order chi connectivity index (χ1) is 11.9. The van der Waals surface area contributed by atoms with Crippen LogP contribution in [0, 0.1) is 34.5 Å². The lowest BCUT2D eigenvalue weighted by Crippen LogP contribution is -2.54. The number of ether oxygens (including phenoxy) is 1. The number of nitrogens with zero attached hydrogens (tertiary/aromatic N) is 1. The smallest absolute Gasteiger partial charge is 0.302 e. The fourth-order valence-corrected chi connectivity index (χ4v) is 7.51. The standard InChI is InChI=1S/C21H33NO3/c1-13(23)25-15-8-10-20(2)14(12-15)4-5-16-17-6-7-19(22-24)21(17,3)11-9-18(16)20/h14-18,24H,4-12H2,1-3H3/t14-,15-,16-,17-,18-,20-,21-/m0/s1. The first-order valence-corrected chi connectivity index (χ1v) is 10.3. The van der Waals surface area contributed by atoms with E-state index in [-0.39, 0.29) is 17.5 Å². The van der Waals surface area contributed by atoms with Crippen LogP contribution in [0.4, 0.5) is 0 Å². The van der Waals surface area contributed by atoms with Crippen molar-refractivity contribution in [3.63, 3.8) is 0 Å². The van der Waals surface area contributed by atoms with Gasteiger partial charge in [-0.15, -0.1) is 0 Å². The van der Waals surface area contributed by atoms with Crippen LogP contribution in [0.2, 0.25) is 0 Å². The lowest BCUT2D eigenvalue weighted by Gasteiger charge is -2.60. The van der Waals surface area contributed by atoms with E-state index < -0.39 is 0 Å². The summed E-state index contributed by atoms with van der Waals surface area (Å²) in [5.41, 5.74) is 1.59. The average Bonchev–Trinajstić information content (AvgIpc) is 2.91. The van der Waals surface area contributed by atoms with Crippen LogP contribution in [0.3, 0.4) is 0 Å². The highest BCUT2D eigenvalue weighted by molar-refractivity contribution is 5.91. The zero-order chi connectivity index (χ0) is 17.8. The Morgan fingerprint density at radius 2 is 1.92 bits per heavy atom. The van der Waals surface area contributed by atoms with Gasteiger partial charge < -0.3 is 9.94 Å². The molecule has 25 heavy (non-hydrogen) atoms. The molecule has 4 heteroatoms. The molecule has 0 spiro atoms. The Kier molecular flexibility index (Phi) is 4.16. The van der Waals surface area contributed by atoms with E-state index in [4.69, 9.17) is 4.74 Å². The molecule has 1 N–H and O–H groups in total. The summed E-state index contributed by atoms with van der Waals surface area (Å²) in [6.07, 6.45) is 10.6. The lowest BCUT2D eigenvalue weighted by molar-refractivity contribution is -0.158. The van der Waals surface area contributed by atoms with Gasteiger partial charge in [0.1, 0.15) is 6.10 Å². The molecule has 4 aliphatic rings. The normalized spacial score (nSPS) is 50.7. The molecule has 0 aromatic heterocycles. The Morgan fingerprint density at radius 1 is 1.12 bits per heavy atom. The van der Waals surface area contributed by atoms with Crippen LogP contribution in [-0.2, 0) is 9.53 Å². The number of fused-ring (bicyclic) bond motifs is 5. The molecule has 0 amide bonds. The van der Waals surface area contributed by atoms with Crippen molar-refractivity contribution in [2.45, 2.75) is 84.7 Å². The molecule has 4 rings (SSSR count). The Balaban J connectivity index is 1.55. The minimum Gasteiger partial charge on any atom is -0.463 e. The molecule has 0 heterocycles. The third-order valence-corrected chi connectivity index (χ3v) is 8.81. The summed E-state index contributed by atoms with van der Waals surface area (Å²) < 4.78 is 5.55. The minimum absolute atomic E-state index is 0.127. The summed E-state index contributed by atoms with van der Waals surface area (Å²) >= 11 is 0. The number of hydrogen-bond donors (Lipinski definition) is 1. The van der Waals surface area contributed by atoms with E-state index in [9.17, 15) is 10.0 Å². The van der Waals surface area contributed by atoms with Gasteiger partial charge in [0.25, 0.3) is 0 Å². The van der Waals surface area contributed by atoms with Crippen LogP contribution in [0.1, 0.15) is 78.6 Å². The van der Waals surface area contributed by atoms with Gasteiger partial charge in [0, 0.05) is 12.3 Å². The van der Waals surface area contributed by atoms with Gasteiger partial charge in [0.15, 0.2) is 0 Å². The molecule has 4 fully saturated rings. The third kappa shape index (κ3) is 2.54. The number of carbonyl (C=O) groups is 1. The van der Waals surface area contributed by atoms with Crippen LogP contribution >= 0.6 is 0 Å². The van der Waals surface area contributed by atoms with Crippen LogP contribution < -0.4 is 0 Å². The molecule has 0 saturated heterocycles. The van der Waals surface area contributed by atoms with Gasteiger partial charge in [-0.1, -0.05) is 19.0 Å². The first-order valence-electron chi connectivity index (χ1n) is 10.3. The number of esters is 1. The topological polar surface area (TPSA) is 58.9 Å². The van der Waals surface area contributed by atoms with Gasteiger partial charge in [-0.2, -0.15) is 0 Å². The van der Waals surface area contributed by atoms with Crippen molar-refractivity contribution in [1.82, 2.24) is 0 Å². The predicted molar refractivity (Wildman–Crippen MR) is 96.5 cm³/mol. The monoisotopic (exact) mass is 347 g/mol. The lowest BCUT2D eigenvalue weighted by atomic mass is 9.45. The van der Waals surface area contributed by atoms with Crippen molar-refractivity contribution in [3.8, 4) is 0 Å². The molecule has 4 saturated carbocycles. The van der Waals surface area contributed by atoms with Gasteiger partial charge in [0.05, 0.1) is 5.71 Å². The maximum absolute atomic E-state index is 11.3. The van der Waals surface area contributed by atoms with Crippen LogP contribution in [0.5, 0.6) is 0 Å². The second-order valence-corrected chi connectivity index (χ2v) is 9.70. The molecule has 0 aromatic carbocycles. The van der Waals surface area contributed by atoms with Gasteiger partial charge in [-0.3, -0.25) is 4.79 Å². The van der Waals surface area contributed by atoms with E-state index in [0.717, 1.165) is 36.8 Å². The predicted octanol–water partition coefficient (Wildman–Crippen LogP) is 4.79. The van der Waals surface area contributed by atoms with Crippen molar-refractivity contribution in [1.29, 1.82) is 0 Å². The summed E-state index contributed by atoms with van der Waals surface area (Å²) in [5, 5.41) is 13.1. The van der Waals surface area contributed by atoms with E-state index in [1.54, 1.807) is 0 Å². The second kappa shape index (κ2) is 5.99. The summed E-state index contributed by atoms with van der Waals surface area (Å²) in [5.74, 6) is 2.84. The zero-order valence-corrected chi connectivity index (χ0v) is 16.0. The molecule has 7 atom stereocenters. The van der Waals surface area contributed by atoms with Crippen LogP contribution in [-0.4, -0.2) is 23.0 Å². The summed E-state index contributed by atoms with van der Waals surface area (Å²) in [4.78, 5) is 11.3. The summed E-state index contributed by atoms with van der Waals surface area (Å²) in [7, 11) is 0. The van der Waals surface area contributed by atoms with Crippen molar-refractivity contribution >= 4 is 11.7 Å². The molecule has 0 bridgehead atoms. The van der Waals surface area contributed by atoms with Crippen molar-refractivity contribution in [3.05, 3.63) is 0 Å². The van der Waals surface area contributed by atoms with Crippen molar-refractivity contribution in [2.75, 3.05) is 0 Å². The maximum Gasteiger partial charge on any atom is 0.302 e. The summed E-state index contributed by atoms with van der Waals surface area (Å²) in [6.45, 7) is 6.41. The molecule has 140 valence electrons. The molecular weight excluding hydrogens is 314 g/mol. The molecular formula is C21H33NO3. The molecule has 0 unspecified atom stereocenters. The van der Waals surface area contributed by atoms with E-state index >= 15 is 0 Å². The van der Waals surface area contributed by atoms with E-state index in [0.29, 0.717) is 17.3 Å². The highest BCUT2D eigenvalue weighted by atomic mass is 16.5. The third-order valence-electron chi connectivity index (χ3n) is 8.81. The fraction of sp³-hybridized carbons (Fsp3) is 0.905. The highest BCUT2D eigenvalue weighted by Crippen LogP contribution is 2.65.